The molecule has 72 heavy (non-hydrogen) atoms. The van der Waals surface area contributed by atoms with Gasteiger partial charge < -0.3 is 29.5 Å². The number of imide groups is 1. The minimum absolute atomic E-state index is 0.0305. The third kappa shape index (κ3) is 11.9. The molecule has 382 valence electrons. The lowest BCUT2D eigenvalue weighted by Gasteiger charge is -2.36. The van der Waals surface area contributed by atoms with Crippen LogP contribution in [0.2, 0.25) is 5.02 Å². The Hall–Kier alpha value is -5.61. The summed E-state index contributed by atoms with van der Waals surface area (Å²) in [5.41, 5.74) is 6.72. The second-order valence-corrected chi connectivity index (χ2v) is 21.9. The maximum atomic E-state index is 13.9. The van der Waals surface area contributed by atoms with Gasteiger partial charge in [0.2, 0.25) is 11.8 Å². The number of aryl methyl sites for hydroxylation is 1. The number of carbonyl (C=O) groups is 4. The third-order valence-corrected chi connectivity index (χ3v) is 16.7. The zero-order valence-corrected chi connectivity index (χ0v) is 44.0. The van der Waals surface area contributed by atoms with Crippen LogP contribution in [0.5, 0.6) is 5.75 Å². The molecular formula is C56H69ClN8O6S. The molecule has 0 radical (unpaired) electrons. The number of ether oxygens (including phenoxy) is 2. The fourth-order valence-corrected chi connectivity index (χ4v) is 12.3. The number of piperidine rings is 2. The van der Waals surface area contributed by atoms with Crippen molar-refractivity contribution >= 4 is 69.1 Å². The van der Waals surface area contributed by atoms with E-state index in [9.17, 15) is 19.2 Å². The Labute approximate surface area is 432 Å². The Morgan fingerprint density at radius 1 is 0.903 bits per heavy atom. The first kappa shape index (κ1) is 51.3. The number of rotatable bonds is 16. The highest BCUT2D eigenvalue weighted by Crippen LogP contribution is 2.43. The van der Waals surface area contributed by atoms with Crippen molar-refractivity contribution in [3.8, 4) is 16.9 Å². The average Bonchev–Trinajstić information content (AvgIpc) is 3.88. The predicted molar refractivity (Wildman–Crippen MR) is 285 cm³/mol. The number of urea groups is 1. The lowest BCUT2D eigenvalue weighted by molar-refractivity contribution is -0.138. The number of fused-ring (bicyclic) bond motifs is 1. The van der Waals surface area contributed by atoms with E-state index in [1.54, 1.807) is 36.6 Å². The highest BCUT2D eigenvalue weighted by molar-refractivity contribution is 7.10. The van der Waals surface area contributed by atoms with E-state index >= 15 is 0 Å². The summed E-state index contributed by atoms with van der Waals surface area (Å²) in [5, 5.41) is 9.66. The first-order valence-electron chi connectivity index (χ1n) is 25.8. The Kier molecular flexibility index (Phi) is 16.4. The van der Waals surface area contributed by atoms with Crippen molar-refractivity contribution in [1.82, 2.24) is 30.0 Å². The number of anilines is 2. The number of amides is 5. The third-order valence-electron chi connectivity index (χ3n) is 15.3. The number of benzene rings is 3. The summed E-state index contributed by atoms with van der Waals surface area (Å²) < 4.78 is 12.2. The van der Waals surface area contributed by atoms with Crippen molar-refractivity contribution in [2.75, 3.05) is 77.4 Å². The molecule has 1 saturated carbocycles. The molecule has 2 N–H and O–H groups in total. The normalized spacial score (nSPS) is 19.7. The van der Waals surface area contributed by atoms with E-state index < -0.39 is 6.03 Å². The summed E-state index contributed by atoms with van der Waals surface area (Å²) >= 11 is 8.18. The van der Waals surface area contributed by atoms with Crippen molar-refractivity contribution in [1.29, 1.82) is 0 Å². The lowest BCUT2D eigenvalue weighted by Crippen LogP contribution is -2.49. The quantitative estimate of drug-likeness (QED) is 0.0915. The summed E-state index contributed by atoms with van der Waals surface area (Å²) in [6, 6.07) is 19.7. The molecular weight excluding hydrogens is 948 g/mol. The van der Waals surface area contributed by atoms with Gasteiger partial charge in [0.15, 0.2) is 0 Å². The SMILES string of the molecule is COc1cc2nc(C)nc(N[C@H](C)c3cc(-c4ccccc4CN(C)C)cs3)c2cc1C1CCC(C(=O)N2CCC(CCOCC3CCN(C(=O)c4ccc(Cl)c(N5CCC(=O)NC5=O)c4)CC3)CC2)CC1. The summed E-state index contributed by atoms with van der Waals surface area (Å²) in [5.74, 6) is 3.50. The smallest absolute Gasteiger partial charge is 0.328 e. The largest absolute Gasteiger partial charge is 0.496 e. The van der Waals surface area contributed by atoms with Gasteiger partial charge in [0, 0.05) is 86.7 Å². The van der Waals surface area contributed by atoms with Crippen LogP contribution in [0.1, 0.15) is 115 Å². The summed E-state index contributed by atoms with van der Waals surface area (Å²) in [6.07, 6.45) is 8.46. The highest BCUT2D eigenvalue weighted by Gasteiger charge is 2.34. The number of likely N-dealkylation sites (tertiary alicyclic amines) is 2. The van der Waals surface area contributed by atoms with Gasteiger partial charge in [-0.05, 0) is 161 Å². The molecule has 5 amide bonds. The standard InChI is InChI=1S/C56H69ClN8O6S/c1-35(51-29-43(34-72-51)44-9-7-6-8-42(44)32-62(3)4)58-53-46-30-45(50(70-5)31-48(46)59-36(2)60-53)39-10-12-40(13-11-39)54(67)63-22-16-37(17-23-63)21-27-71-33-38-18-24-64(25-19-38)55(68)41-14-15-47(57)49(28-41)65-26-20-52(66)61-56(65)69/h6-9,14-15,28-31,34-35,37-40H,10-13,16-27,32-33H2,1-5H3,(H,58,59,60)(H,61,66,69)/t35-,39?,40?/m1/s1. The van der Waals surface area contributed by atoms with E-state index in [4.69, 9.17) is 31.0 Å². The zero-order valence-electron chi connectivity index (χ0n) is 42.4. The summed E-state index contributed by atoms with van der Waals surface area (Å²) in [4.78, 5) is 70.1. The van der Waals surface area contributed by atoms with E-state index in [1.165, 1.54) is 26.5 Å². The van der Waals surface area contributed by atoms with Gasteiger partial charge in [0.1, 0.15) is 17.4 Å². The Balaban J connectivity index is 0.715. The fraction of sp³-hybridized carbons (Fsp3) is 0.500. The molecule has 5 heterocycles. The van der Waals surface area contributed by atoms with Crippen molar-refractivity contribution in [2.24, 2.45) is 17.8 Å². The van der Waals surface area contributed by atoms with Gasteiger partial charge in [0.05, 0.1) is 29.4 Å². The molecule has 5 aromatic rings. The van der Waals surface area contributed by atoms with Gasteiger partial charge in [-0.1, -0.05) is 35.9 Å². The van der Waals surface area contributed by atoms with E-state index in [-0.39, 0.29) is 42.7 Å². The number of nitrogens with zero attached hydrogens (tertiary/aromatic N) is 6. The lowest BCUT2D eigenvalue weighted by atomic mass is 9.77. The second-order valence-electron chi connectivity index (χ2n) is 20.6. The van der Waals surface area contributed by atoms with Crippen LogP contribution in [-0.4, -0.2) is 116 Å². The van der Waals surface area contributed by atoms with Gasteiger partial charge in [-0.2, -0.15) is 0 Å². The molecule has 3 aliphatic heterocycles. The van der Waals surface area contributed by atoms with E-state index in [0.717, 1.165) is 105 Å². The molecule has 4 fully saturated rings. The van der Waals surface area contributed by atoms with Crippen LogP contribution >= 0.6 is 22.9 Å². The zero-order chi connectivity index (χ0) is 50.5. The molecule has 0 bridgehead atoms. The molecule has 3 saturated heterocycles. The van der Waals surface area contributed by atoms with E-state index in [1.807, 2.05) is 11.8 Å². The van der Waals surface area contributed by atoms with Crippen molar-refractivity contribution in [3.63, 3.8) is 0 Å². The topological polar surface area (TPSA) is 150 Å². The number of hydrogen-bond donors (Lipinski definition) is 2. The van der Waals surface area contributed by atoms with Crippen LogP contribution in [0.15, 0.2) is 66.0 Å². The van der Waals surface area contributed by atoms with Crippen LogP contribution < -0.4 is 20.3 Å². The Bertz CT molecular complexity index is 2760. The molecule has 0 spiro atoms. The van der Waals surface area contributed by atoms with Gasteiger partial charge in [-0.25, -0.2) is 14.8 Å². The van der Waals surface area contributed by atoms with Crippen molar-refractivity contribution in [3.05, 3.63) is 98.5 Å². The van der Waals surface area contributed by atoms with Crippen molar-refractivity contribution < 1.29 is 28.7 Å². The van der Waals surface area contributed by atoms with Gasteiger partial charge in [-0.15, -0.1) is 11.3 Å². The molecule has 1 atom stereocenters. The van der Waals surface area contributed by atoms with Crippen LogP contribution in [0.3, 0.4) is 0 Å². The summed E-state index contributed by atoms with van der Waals surface area (Å²) in [6.45, 7) is 9.48. The Morgan fingerprint density at radius 2 is 1.64 bits per heavy atom. The number of hydrogen-bond acceptors (Lipinski definition) is 11. The monoisotopic (exact) mass is 1020 g/mol. The van der Waals surface area contributed by atoms with Crippen LogP contribution in [-0.2, 0) is 20.9 Å². The molecule has 0 unspecified atom stereocenters. The maximum absolute atomic E-state index is 13.9. The van der Waals surface area contributed by atoms with Crippen molar-refractivity contribution in [2.45, 2.75) is 96.6 Å². The maximum Gasteiger partial charge on any atom is 0.328 e. The van der Waals surface area contributed by atoms with Gasteiger partial charge in [0.25, 0.3) is 5.91 Å². The molecule has 9 rings (SSSR count). The minimum Gasteiger partial charge on any atom is -0.496 e. The molecule has 2 aromatic heterocycles. The first-order chi connectivity index (χ1) is 34.8. The molecule has 16 heteroatoms. The van der Waals surface area contributed by atoms with Crippen LogP contribution in [0, 0.1) is 24.7 Å². The molecule has 4 aliphatic rings. The number of nitrogens with one attached hydrogen (secondary N) is 2. The number of carbonyl (C=O) groups excluding carboxylic acids is 4. The average molecular weight is 1020 g/mol. The molecule has 1 aliphatic carbocycles. The van der Waals surface area contributed by atoms with Crippen LogP contribution in [0.4, 0.5) is 16.3 Å². The molecule has 3 aromatic carbocycles. The Morgan fingerprint density at radius 3 is 2.38 bits per heavy atom. The number of thiophene rings is 1. The number of methoxy groups -OCH3 is 1. The highest BCUT2D eigenvalue weighted by atomic mass is 35.5. The molecule has 14 nitrogen and oxygen atoms in total. The van der Waals surface area contributed by atoms with E-state index in [0.29, 0.717) is 66.1 Å². The van der Waals surface area contributed by atoms with E-state index in [2.05, 4.69) is 89.3 Å². The first-order valence-corrected chi connectivity index (χ1v) is 27.1. The fourth-order valence-electron chi connectivity index (χ4n) is 11.2. The van der Waals surface area contributed by atoms with Gasteiger partial charge in [-0.3, -0.25) is 24.6 Å². The number of halogens is 1. The predicted octanol–water partition coefficient (Wildman–Crippen LogP) is 10.5. The second kappa shape index (κ2) is 23.1. The minimum atomic E-state index is -0.536. The van der Waals surface area contributed by atoms with Crippen LogP contribution in [0.25, 0.3) is 22.0 Å². The van der Waals surface area contributed by atoms with Gasteiger partial charge >= 0.3 is 6.03 Å². The summed E-state index contributed by atoms with van der Waals surface area (Å²) in [7, 11) is 5.94. The number of aromatic nitrogens is 2.